The van der Waals surface area contributed by atoms with Gasteiger partial charge < -0.3 is 9.40 Å². The summed E-state index contributed by atoms with van der Waals surface area (Å²) < 4.78 is 5.36. The van der Waals surface area contributed by atoms with Crippen molar-refractivity contribution in [2.75, 3.05) is 0 Å². The first-order valence-corrected chi connectivity index (χ1v) is 4.77. The van der Waals surface area contributed by atoms with Crippen LogP contribution in [0.4, 0.5) is 0 Å². The van der Waals surface area contributed by atoms with E-state index < -0.39 is 0 Å². The van der Waals surface area contributed by atoms with E-state index in [1.54, 1.807) is 0 Å². The molecule has 1 N–H and O–H groups in total. The molecule has 0 bridgehead atoms. The van der Waals surface area contributed by atoms with Gasteiger partial charge in [-0.05, 0) is 19.1 Å². The van der Waals surface area contributed by atoms with Gasteiger partial charge in [-0.15, -0.1) is 0 Å². The lowest BCUT2D eigenvalue weighted by atomic mass is 10.1. The van der Waals surface area contributed by atoms with Crippen molar-refractivity contribution in [3.05, 3.63) is 46.4 Å². The second kappa shape index (κ2) is 2.73. The molecule has 3 aromatic rings. The van der Waals surface area contributed by atoms with Crippen LogP contribution in [0.1, 0.15) is 5.76 Å². The number of H-pyrrole nitrogens is 1. The fraction of sp³-hybridized carbons (Fsp3) is 0.0833. The Hall–Kier alpha value is -2.03. The predicted octanol–water partition coefficient (Wildman–Crippen LogP) is 2.58. The molecule has 0 saturated carbocycles. The van der Waals surface area contributed by atoms with E-state index in [4.69, 9.17) is 4.42 Å². The molecule has 3 heteroatoms. The molecule has 0 unspecified atom stereocenters. The second-order valence-corrected chi connectivity index (χ2v) is 3.60. The van der Waals surface area contributed by atoms with E-state index in [1.165, 1.54) is 0 Å². The number of benzene rings is 1. The SMILES string of the molecule is Cc1cc2c(o1)c(=O)[nH]c1ccccc12. The van der Waals surface area contributed by atoms with Gasteiger partial charge in [0.2, 0.25) is 0 Å². The van der Waals surface area contributed by atoms with Gasteiger partial charge in [0.05, 0.1) is 0 Å². The predicted molar refractivity (Wildman–Crippen MR) is 59.1 cm³/mol. The van der Waals surface area contributed by atoms with Crippen molar-refractivity contribution in [2.45, 2.75) is 6.92 Å². The average Bonchev–Trinajstić information content (AvgIpc) is 2.61. The van der Waals surface area contributed by atoms with E-state index in [0.717, 1.165) is 22.0 Å². The third kappa shape index (κ3) is 1.09. The van der Waals surface area contributed by atoms with Crippen LogP contribution in [0.3, 0.4) is 0 Å². The highest BCUT2D eigenvalue weighted by Crippen LogP contribution is 2.23. The zero-order chi connectivity index (χ0) is 10.4. The number of para-hydroxylation sites is 1. The van der Waals surface area contributed by atoms with Gasteiger partial charge in [0.15, 0.2) is 5.58 Å². The lowest BCUT2D eigenvalue weighted by molar-refractivity contribution is 0.574. The van der Waals surface area contributed by atoms with Crippen molar-refractivity contribution < 1.29 is 4.42 Å². The van der Waals surface area contributed by atoms with Crippen LogP contribution in [0, 0.1) is 6.92 Å². The van der Waals surface area contributed by atoms with E-state index in [9.17, 15) is 4.79 Å². The molecular weight excluding hydrogens is 190 g/mol. The number of aromatic nitrogens is 1. The van der Waals surface area contributed by atoms with Crippen molar-refractivity contribution in [3.63, 3.8) is 0 Å². The molecule has 2 aromatic heterocycles. The molecule has 0 radical (unpaired) electrons. The van der Waals surface area contributed by atoms with Crippen LogP contribution < -0.4 is 5.56 Å². The smallest absolute Gasteiger partial charge is 0.292 e. The summed E-state index contributed by atoms with van der Waals surface area (Å²) in [5.74, 6) is 0.756. The summed E-state index contributed by atoms with van der Waals surface area (Å²) in [5, 5.41) is 1.90. The largest absolute Gasteiger partial charge is 0.456 e. The number of aromatic amines is 1. The van der Waals surface area contributed by atoms with Crippen LogP contribution in [0.5, 0.6) is 0 Å². The minimum atomic E-state index is -0.170. The monoisotopic (exact) mass is 199 g/mol. The quantitative estimate of drug-likeness (QED) is 0.604. The summed E-state index contributed by atoms with van der Waals surface area (Å²) in [6.07, 6.45) is 0. The lowest BCUT2D eigenvalue weighted by Crippen LogP contribution is -2.04. The number of hydrogen-bond acceptors (Lipinski definition) is 2. The highest BCUT2D eigenvalue weighted by Gasteiger charge is 2.08. The summed E-state index contributed by atoms with van der Waals surface area (Å²) in [5.41, 5.74) is 1.08. The summed E-state index contributed by atoms with van der Waals surface area (Å²) in [6.45, 7) is 1.84. The van der Waals surface area contributed by atoms with E-state index >= 15 is 0 Å². The maximum Gasteiger partial charge on any atom is 0.292 e. The van der Waals surface area contributed by atoms with Gasteiger partial charge in [-0.1, -0.05) is 18.2 Å². The van der Waals surface area contributed by atoms with Crippen molar-refractivity contribution >= 4 is 21.9 Å². The van der Waals surface area contributed by atoms with Gasteiger partial charge in [-0.3, -0.25) is 4.79 Å². The van der Waals surface area contributed by atoms with Crippen LogP contribution in [-0.4, -0.2) is 4.98 Å². The van der Waals surface area contributed by atoms with Crippen molar-refractivity contribution in [1.29, 1.82) is 0 Å². The van der Waals surface area contributed by atoms with Gasteiger partial charge in [0, 0.05) is 16.3 Å². The highest BCUT2D eigenvalue weighted by molar-refractivity contribution is 6.03. The van der Waals surface area contributed by atoms with Crippen LogP contribution in [0.25, 0.3) is 21.9 Å². The minimum absolute atomic E-state index is 0.170. The zero-order valence-corrected chi connectivity index (χ0v) is 8.20. The Balaban J connectivity index is 2.69. The van der Waals surface area contributed by atoms with Crippen LogP contribution in [0.15, 0.2) is 39.5 Å². The van der Waals surface area contributed by atoms with E-state index in [0.29, 0.717) is 5.58 Å². The zero-order valence-electron chi connectivity index (χ0n) is 8.20. The van der Waals surface area contributed by atoms with Crippen molar-refractivity contribution in [3.8, 4) is 0 Å². The molecule has 0 fully saturated rings. The molecule has 0 aliphatic rings. The standard InChI is InChI=1S/C12H9NO2/c1-7-6-9-8-4-2-3-5-10(8)13-12(14)11(9)15-7/h2-6H,1H3,(H,13,14). The first kappa shape index (κ1) is 8.29. The third-order valence-electron chi connectivity index (χ3n) is 2.53. The van der Waals surface area contributed by atoms with E-state index in [1.807, 2.05) is 37.3 Å². The van der Waals surface area contributed by atoms with Gasteiger partial charge in [-0.2, -0.15) is 0 Å². The summed E-state index contributed by atoms with van der Waals surface area (Å²) >= 11 is 0. The molecule has 2 heterocycles. The number of nitrogens with one attached hydrogen (secondary N) is 1. The molecule has 15 heavy (non-hydrogen) atoms. The Kier molecular flexibility index (Phi) is 1.51. The molecule has 0 aliphatic heterocycles. The third-order valence-corrected chi connectivity index (χ3v) is 2.53. The van der Waals surface area contributed by atoms with Gasteiger partial charge >= 0.3 is 0 Å². The summed E-state index contributed by atoms with van der Waals surface area (Å²) in [6, 6.07) is 9.60. The molecule has 0 saturated heterocycles. The van der Waals surface area contributed by atoms with Crippen LogP contribution in [-0.2, 0) is 0 Å². The Labute approximate surface area is 85.3 Å². The Morgan fingerprint density at radius 2 is 2.00 bits per heavy atom. The first-order chi connectivity index (χ1) is 7.25. The average molecular weight is 199 g/mol. The first-order valence-electron chi connectivity index (χ1n) is 4.77. The second-order valence-electron chi connectivity index (χ2n) is 3.60. The van der Waals surface area contributed by atoms with Gasteiger partial charge in [0.25, 0.3) is 5.56 Å². The molecule has 0 aliphatic carbocycles. The molecule has 74 valence electrons. The van der Waals surface area contributed by atoms with Crippen molar-refractivity contribution in [1.82, 2.24) is 4.98 Å². The fourth-order valence-corrected chi connectivity index (χ4v) is 1.89. The molecule has 0 amide bonds. The molecule has 1 aromatic carbocycles. The number of aryl methyl sites for hydroxylation is 1. The maximum absolute atomic E-state index is 11.7. The Bertz CT molecular complexity index is 706. The van der Waals surface area contributed by atoms with E-state index in [-0.39, 0.29) is 5.56 Å². The van der Waals surface area contributed by atoms with Crippen LogP contribution in [0.2, 0.25) is 0 Å². The maximum atomic E-state index is 11.7. The molecular formula is C12H9NO2. The fourth-order valence-electron chi connectivity index (χ4n) is 1.89. The molecule has 3 rings (SSSR count). The Morgan fingerprint density at radius 1 is 1.20 bits per heavy atom. The number of furan rings is 1. The number of pyridine rings is 1. The van der Waals surface area contributed by atoms with Crippen molar-refractivity contribution in [2.24, 2.45) is 0 Å². The molecule has 0 atom stereocenters. The van der Waals surface area contributed by atoms with Crippen LogP contribution >= 0.6 is 0 Å². The number of hydrogen-bond donors (Lipinski definition) is 1. The molecule has 3 nitrogen and oxygen atoms in total. The minimum Gasteiger partial charge on any atom is -0.456 e. The summed E-state index contributed by atoms with van der Waals surface area (Å²) in [7, 11) is 0. The topological polar surface area (TPSA) is 46.0 Å². The summed E-state index contributed by atoms with van der Waals surface area (Å²) in [4.78, 5) is 14.5. The normalized spacial score (nSPS) is 11.3. The van der Waals surface area contributed by atoms with Gasteiger partial charge in [-0.25, -0.2) is 0 Å². The lowest BCUT2D eigenvalue weighted by Gasteiger charge is -1.96. The number of fused-ring (bicyclic) bond motifs is 3. The Morgan fingerprint density at radius 3 is 2.87 bits per heavy atom. The number of rotatable bonds is 0. The van der Waals surface area contributed by atoms with E-state index in [2.05, 4.69) is 4.98 Å². The highest BCUT2D eigenvalue weighted by atomic mass is 16.3. The van der Waals surface area contributed by atoms with Gasteiger partial charge in [0.1, 0.15) is 5.76 Å². The molecule has 0 spiro atoms.